The van der Waals surface area contributed by atoms with Crippen LogP contribution in [0.5, 0.6) is 0 Å². The third-order valence-corrected chi connectivity index (χ3v) is 4.85. The van der Waals surface area contributed by atoms with Gasteiger partial charge in [-0.3, -0.25) is 10.1 Å². The maximum Gasteiger partial charge on any atom is 0.364 e. The summed E-state index contributed by atoms with van der Waals surface area (Å²) in [7, 11) is 1.20. The summed E-state index contributed by atoms with van der Waals surface area (Å²) < 4.78 is 4.73. The first-order valence-corrected chi connectivity index (χ1v) is 8.55. The van der Waals surface area contributed by atoms with E-state index in [0.717, 1.165) is 25.9 Å². The number of carbonyl (C=O) groups excluding carboxylic acids is 1. The summed E-state index contributed by atoms with van der Waals surface area (Å²) >= 11 is 0. The van der Waals surface area contributed by atoms with Crippen molar-refractivity contribution < 1.29 is 14.5 Å². The van der Waals surface area contributed by atoms with Crippen LogP contribution in [0.2, 0.25) is 0 Å². The lowest BCUT2D eigenvalue weighted by Crippen LogP contribution is -2.28. The van der Waals surface area contributed by atoms with Crippen molar-refractivity contribution in [2.24, 2.45) is 11.8 Å². The second kappa shape index (κ2) is 6.81. The summed E-state index contributed by atoms with van der Waals surface area (Å²) in [5.41, 5.74) is -0.636. The molecule has 2 saturated heterocycles. The number of carbonyl (C=O) groups is 1. The Balaban J connectivity index is 2.12. The number of esters is 1. The Labute approximate surface area is 146 Å². The normalized spacial score (nSPS) is 23.2. The standard InChI is InChI=1S/C16H23N5O4/c1-10-4-6-19(8-10)14-13(21(23)24)12(15(22)25-3)17-16(18-14)20-7-5-11(2)9-20/h10-11H,4-9H2,1-3H3/t10-,11-/m1/s1. The quantitative estimate of drug-likeness (QED) is 0.461. The van der Waals surface area contributed by atoms with E-state index < -0.39 is 10.9 Å². The van der Waals surface area contributed by atoms with Gasteiger partial charge in [0, 0.05) is 26.2 Å². The first kappa shape index (κ1) is 17.4. The van der Waals surface area contributed by atoms with E-state index in [4.69, 9.17) is 4.74 Å². The minimum Gasteiger partial charge on any atom is -0.464 e. The Morgan fingerprint density at radius 1 is 1.16 bits per heavy atom. The van der Waals surface area contributed by atoms with Crippen LogP contribution in [0, 0.1) is 22.0 Å². The van der Waals surface area contributed by atoms with Gasteiger partial charge in [0.2, 0.25) is 17.5 Å². The first-order chi connectivity index (χ1) is 11.9. The molecule has 136 valence electrons. The Kier molecular flexibility index (Phi) is 4.73. The third kappa shape index (κ3) is 3.35. The van der Waals surface area contributed by atoms with Gasteiger partial charge in [-0.15, -0.1) is 0 Å². The molecular formula is C16H23N5O4. The second-order valence-electron chi connectivity index (χ2n) is 6.97. The van der Waals surface area contributed by atoms with Gasteiger partial charge in [0.15, 0.2) is 0 Å². The van der Waals surface area contributed by atoms with Gasteiger partial charge in [0.1, 0.15) is 0 Å². The third-order valence-electron chi connectivity index (χ3n) is 4.85. The molecule has 2 aliphatic heterocycles. The minimum atomic E-state index is -0.809. The summed E-state index contributed by atoms with van der Waals surface area (Å²) in [6, 6.07) is 0. The molecule has 25 heavy (non-hydrogen) atoms. The molecule has 3 heterocycles. The van der Waals surface area contributed by atoms with Crippen molar-refractivity contribution in [2.75, 3.05) is 43.1 Å². The van der Waals surface area contributed by atoms with Crippen molar-refractivity contribution in [2.45, 2.75) is 26.7 Å². The molecule has 1 aromatic rings. The number of methoxy groups -OCH3 is 1. The lowest BCUT2D eigenvalue weighted by molar-refractivity contribution is -0.384. The fourth-order valence-electron chi connectivity index (χ4n) is 3.44. The molecule has 0 unspecified atom stereocenters. The molecule has 0 spiro atoms. The molecule has 0 aromatic carbocycles. The van der Waals surface area contributed by atoms with E-state index in [1.165, 1.54) is 7.11 Å². The highest BCUT2D eigenvalue weighted by molar-refractivity contribution is 5.94. The maximum atomic E-state index is 12.1. The van der Waals surface area contributed by atoms with Crippen LogP contribution >= 0.6 is 0 Å². The monoisotopic (exact) mass is 349 g/mol. The molecule has 3 rings (SSSR count). The van der Waals surface area contributed by atoms with Crippen LogP contribution in [0.1, 0.15) is 37.2 Å². The van der Waals surface area contributed by atoms with Crippen LogP contribution in [0.15, 0.2) is 0 Å². The van der Waals surface area contributed by atoms with Gasteiger partial charge in [-0.1, -0.05) is 13.8 Å². The van der Waals surface area contributed by atoms with Crippen LogP contribution in [-0.4, -0.2) is 54.1 Å². The molecule has 0 bridgehead atoms. The van der Waals surface area contributed by atoms with E-state index in [0.29, 0.717) is 30.9 Å². The molecule has 2 atom stereocenters. The topological polar surface area (TPSA) is 102 Å². The number of rotatable bonds is 4. The molecule has 2 aliphatic rings. The summed E-state index contributed by atoms with van der Waals surface area (Å²) in [4.78, 5) is 35.8. The van der Waals surface area contributed by atoms with Crippen LogP contribution in [0.4, 0.5) is 17.5 Å². The largest absolute Gasteiger partial charge is 0.464 e. The number of hydrogen-bond donors (Lipinski definition) is 0. The second-order valence-corrected chi connectivity index (χ2v) is 6.97. The van der Waals surface area contributed by atoms with Crippen LogP contribution < -0.4 is 9.80 Å². The first-order valence-electron chi connectivity index (χ1n) is 8.55. The molecule has 0 amide bonds. The molecule has 0 radical (unpaired) electrons. The van der Waals surface area contributed by atoms with Gasteiger partial charge in [-0.25, -0.2) is 4.79 Å². The Hall–Kier alpha value is -2.45. The van der Waals surface area contributed by atoms with Crippen molar-refractivity contribution in [3.8, 4) is 0 Å². The number of nitrogens with zero attached hydrogens (tertiary/aromatic N) is 5. The van der Waals surface area contributed by atoms with Crippen LogP contribution in [0.25, 0.3) is 0 Å². The fourth-order valence-corrected chi connectivity index (χ4v) is 3.44. The highest BCUT2D eigenvalue weighted by Gasteiger charge is 2.36. The predicted octanol–water partition coefficient (Wildman–Crippen LogP) is 1.86. The summed E-state index contributed by atoms with van der Waals surface area (Å²) in [6.07, 6.45) is 1.94. The molecule has 0 N–H and O–H groups in total. The van der Waals surface area contributed by atoms with Gasteiger partial charge >= 0.3 is 11.7 Å². The van der Waals surface area contributed by atoms with Crippen molar-refractivity contribution >= 4 is 23.4 Å². The van der Waals surface area contributed by atoms with Gasteiger partial charge in [0.25, 0.3) is 0 Å². The van der Waals surface area contributed by atoms with Crippen molar-refractivity contribution in [3.05, 3.63) is 15.8 Å². The molecule has 0 aliphatic carbocycles. The fraction of sp³-hybridized carbons (Fsp3) is 0.688. The molecular weight excluding hydrogens is 326 g/mol. The van der Waals surface area contributed by atoms with E-state index in [1.807, 2.05) is 9.80 Å². The zero-order valence-corrected chi connectivity index (χ0v) is 14.8. The van der Waals surface area contributed by atoms with Gasteiger partial charge in [-0.2, -0.15) is 9.97 Å². The smallest absolute Gasteiger partial charge is 0.364 e. The average molecular weight is 349 g/mol. The van der Waals surface area contributed by atoms with E-state index in [1.54, 1.807) is 0 Å². The lowest BCUT2D eigenvalue weighted by Gasteiger charge is -2.21. The van der Waals surface area contributed by atoms with Crippen LogP contribution in [0.3, 0.4) is 0 Å². The van der Waals surface area contributed by atoms with Gasteiger partial charge in [-0.05, 0) is 24.7 Å². The van der Waals surface area contributed by atoms with Gasteiger partial charge in [0.05, 0.1) is 12.0 Å². The average Bonchev–Trinajstić information content (AvgIpc) is 3.21. The van der Waals surface area contributed by atoms with E-state index in [2.05, 4.69) is 23.8 Å². The van der Waals surface area contributed by atoms with Crippen molar-refractivity contribution in [3.63, 3.8) is 0 Å². The van der Waals surface area contributed by atoms with E-state index in [-0.39, 0.29) is 17.2 Å². The van der Waals surface area contributed by atoms with E-state index in [9.17, 15) is 14.9 Å². The number of nitro groups is 1. The number of anilines is 2. The molecule has 1 aromatic heterocycles. The Morgan fingerprint density at radius 2 is 1.76 bits per heavy atom. The Bertz CT molecular complexity index is 695. The molecule has 2 fully saturated rings. The number of ether oxygens (including phenoxy) is 1. The van der Waals surface area contributed by atoms with Gasteiger partial charge < -0.3 is 14.5 Å². The predicted molar refractivity (Wildman–Crippen MR) is 92.0 cm³/mol. The molecule has 9 nitrogen and oxygen atoms in total. The summed E-state index contributed by atoms with van der Waals surface area (Å²) in [6.45, 7) is 7.13. The minimum absolute atomic E-state index is 0.222. The number of aromatic nitrogens is 2. The SMILES string of the molecule is COC(=O)c1nc(N2CC[C@@H](C)C2)nc(N2CC[C@@H](C)C2)c1[N+](=O)[O-]. The highest BCUT2D eigenvalue weighted by atomic mass is 16.6. The summed E-state index contributed by atoms with van der Waals surface area (Å²) in [5.74, 6) is 0.697. The number of hydrogen-bond acceptors (Lipinski definition) is 8. The van der Waals surface area contributed by atoms with Crippen LogP contribution in [-0.2, 0) is 4.74 Å². The lowest BCUT2D eigenvalue weighted by atomic mass is 10.2. The zero-order chi connectivity index (χ0) is 18.1. The van der Waals surface area contributed by atoms with E-state index >= 15 is 0 Å². The molecule has 9 heteroatoms. The maximum absolute atomic E-state index is 12.1. The summed E-state index contributed by atoms with van der Waals surface area (Å²) in [5, 5.41) is 11.7. The van der Waals surface area contributed by atoms with Crippen molar-refractivity contribution in [1.82, 2.24) is 9.97 Å². The Morgan fingerprint density at radius 3 is 2.24 bits per heavy atom. The zero-order valence-electron chi connectivity index (χ0n) is 14.8. The highest BCUT2D eigenvalue weighted by Crippen LogP contribution is 2.35. The molecule has 0 saturated carbocycles. The van der Waals surface area contributed by atoms with Crippen molar-refractivity contribution in [1.29, 1.82) is 0 Å².